The van der Waals surface area contributed by atoms with Gasteiger partial charge < -0.3 is 10.6 Å². The Morgan fingerprint density at radius 1 is 1.05 bits per heavy atom. The number of carbonyl (C=O) groups excluding carboxylic acids is 2. The van der Waals surface area contributed by atoms with Crippen LogP contribution in [0.15, 0.2) is 24.3 Å². The molecule has 0 unspecified atom stereocenters. The van der Waals surface area contributed by atoms with Gasteiger partial charge in [-0.3, -0.25) is 9.59 Å². The minimum absolute atomic E-state index is 0.0805. The molecule has 1 aliphatic rings. The van der Waals surface area contributed by atoms with E-state index in [1.54, 1.807) is 24.3 Å². The van der Waals surface area contributed by atoms with Crippen molar-refractivity contribution in [3.63, 3.8) is 0 Å². The van der Waals surface area contributed by atoms with E-state index in [-0.39, 0.29) is 6.04 Å². The maximum atomic E-state index is 11.9. The van der Waals surface area contributed by atoms with Crippen LogP contribution in [0.1, 0.15) is 44.1 Å². The zero-order valence-electron chi connectivity index (χ0n) is 11.9. The normalized spacial score (nSPS) is 15.6. The lowest BCUT2D eigenvalue weighted by atomic mass is 10.1. The van der Waals surface area contributed by atoms with Crippen LogP contribution in [0.4, 0.5) is 5.69 Å². The monoisotopic (exact) mass is 285 g/mol. The first-order valence-corrected chi connectivity index (χ1v) is 7.31. The first-order valence-electron chi connectivity index (χ1n) is 7.31. The summed E-state index contributed by atoms with van der Waals surface area (Å²) in [4.78, 5) is 23.8. The van der Waals surface area contributed by atoms with Gasteiger partial charge in [0, 0.05) is 6.04 Å². The number of amides is 2. The summed E-state index contributed by atoms with van der Waals surface area (Å²) in [6.45, 7) is 0. The molecular weight excluding hydrogens is 266 g/mol. The highest BCUT2D eigenvalue weighted by Crippen LogP contribution is 2.17. The fourth-order valence-electron chi connectivity index (χ4n) is 2.54. The first kappa shape index (κ1) is 15.0. The molecule has 2 N–H and O–H groups in total. The Bertz CT molecular complexity index is 555. The third kappa shape index (κ3) is 4.32. The van der Waals surface area contributed by atoms with E-state index in [1.165, 1.54) is 12.8 Å². The topological polar surface area (TPSA) is 82.0 Å². The maximum absolute atomic E-state index is 11.9. The van der Waals surface area contributed by atoms with E-state index in [9.17, 15) is 9.59 Å². The van der Waals surface area contributed by atoms with Gasteiger partial charge in [0.25, 0.3) is 0 Å². The van der Waals surface area contributed by atoms with Crippen molar-refractivity contribution in [2.24, 2.45) is 0 Å². The molecule has 110 valence electrons. The molecule has 0 radical (unpaired) electrons. The molecule has 2 rings (SSSR count). The first-order chi connectivity index (χ1) is 10.2. The van der Waals surface area contributed by atoms with E-state index >= 15 is 0 Å². The molecule has 1 aromatic carbocycles. The lowest BCUT2D eigenvalue weighted by molar-refractivity contribution is -0.136. The van der Waals surface area contributed by atoms with Crippen molar-refractivity contribution >= 4 is 17.5 Å². The molecule has 0 bridgehead atoms. The molecular formula is C16H19N3O2. The lowest BCUT2D eigenvalue weighted by Crippen LogP contribution is -2.41. The quantitative estimate of drug-likeness (QED) is 0.646. The lowest BCUT2D eigenvalue weighted by Gasteiger charge is -2.15. The molecule has 21 heavy (non-hydrogen) atoms. The molecule has 0 spiro atoms. The molecule has 0 aliphatic heterocycles. The molecule has 0 heterocycles. The van der Waals surface area contributed by atoms with Gasteiger partial charge in [0.2, 0.25) is 0 Å². The van der Waals surface area contributed by atoms with Crippen molar-refractivity contribution < 1.29 is 9.59 Å². The fraction of sp³-hybridized carbons (Fsp3) is 0.438. The Labute approximate surface area is 124 Å². The predicted octanol–water partition coefficient (Wildman–Crippen LogP) is 2.34. The number of nitrogens with one attached hydrogen (secondary N) is 2. The molecule has 5 nitrogen and oxygen atoms in total. The highest BCUT2D eigenvalue weighted by molar-refractivity contribution is 6.39. The van der Waals surface area contributed by atoms with Gasteiger partial charge in [-0.05, 0) is 25.0 Å². The number of benzene rings is 1. The fourth-order valence-corrected chi connectivity index (χ4v) is 2.54. The van der Waals surface area contributed by atoms with Crippen molar-refractivity contribution in [1.82, 2.24) is 5.32 Å². The zero-order chi connectivity index (χ0) is 15.1. The molecule has 1 saturated carbocycles. The highest BCUT2D eigenvalue weighted by atomic mass is 16.2. The van der Waals surface area contributed by atoms with Gasteiger partial charge in [0.15, 0.2) is 0 Å². The second-order valence-electron chi connectivity index (χ2n) is 5.27. The van der Waals surface area contributed by atoms with Crippen molar-refractivity contribution in [3.8, 4) is 6.07 Å². The Hall–Kier alpha value is -2.35. The summed E-state index contributed by atoms with van der Waals surface area (Å²) in [6.07, 6.45) is 6.40. The number of nitriles is 1. The summed E-state index contributed by atoms with van der Waals surface area (Å²) >= 11 is 0. The van der Waals surface area contributed by atoms with Crippen molar-refractivity contribution in [1.29, 1.82) is 5.26 Å². The zero-order valence-corrected chi connectivity index (χ0v) is 11.9. The van der Waals surface area contributed by atoms with Crippen molar-refractivity contribution in [2.45, 2.75) is 44.6 Å². The molecule has 1 fully saturated rings. The Balaban J connectivity index is 1.93. The number of nitrogens with zero attached hydrogens (tertiary/aromatic N) is 1. The molecule has 5 heteroatoms. The average molecular weight is 285 g/mol. The van der Waals surface area contributed by atoms with Crippen LogP contribution in [0, 0.1) is 11.3 Å². The van der Waals surface area contributed by atoms with Gasteiger partial charge >= 0.3 is 11.8 Å². The molecule has 1 aliphatic carbocycles. The van der Waals surface area contributed by atoms with Crippen LogP contribution in [0.3, 0.4) is 0 Å². The van der Waals surface area contributed by atoms with Gasteiger partial charge in [0.05, 0.1) is 11.3 Å². The van der Waals surface area contributed by atoms with Gasteiger partial charge in [-0.15, -0.1) is 0 Å². The summed E-state index contributed by atoms with van der Waals surface area (Å²) in [6, 6.07) is 8.68. The molecule has 2 amide bonds. The number of hydrogen-bond donors (Lipinski definition) is 2. The number of rotatable bonds is 2. The summed E-state index contributed by atoms with van der Waals surface area (Å²) in [7, 11) is 0. The van der Waals surface area contributed by atoms with Crippen molar-refractivity contribution in [2.75, 3.05) is 5.32 Å². The van der Waals surface area contributed by atoms with Gasteiger partial charge in [-0.1, -0.05) is 37.8 Å². The van der Waals surface area contributed by atoms with Crippen LogP contribution < -0.4 is 10.6 Å². The maximum Gasteiger partial charge on any atom is 0.313 e. The Kier molecular flexibility index (Phi) is 5.33. The third-order valence-electron chi connectivity index (χ3n) is 3.69. The molecule has 0 atom stereocenters. The third-order valence-corrected chi connectivity index (χ3v) is 3.69. The van der Waals surface area contributed by atoms with Gasteiger partial charge in [-0.2, -0.15) is 5.26 Å². The van der Waals surface area contributed by atoms with Crippen LogP contribution in [0.5, 0.6) is 0 Å². The minimum atomic E-state index is -0.720. The largest absolute Gasteiger partial charge is 0.345 e. The van der Waals surface area contributed by atoms with Crippen LogP contribution in [0.2, 0.25) is 0 Å². The van der Waals surface area contributed by atoms with Crippen molar-refractivity contribution in [3.05, 3.63) is 29.8 Å². The van der Waals surface area contributed by atoms with E-state index in [2.05, 4.69) is 10.6 Å². The number of anilines is 1. The Morgan fingerprint density at radius 3 is 2.38 bits per heavy atom. The van der Waals surface area contributed by atoms with E-state index in [0.29, 0.717) is 11.3 Å². The van der Waals surface area contributed by atoms with Gasteiger partial charge in [0.1, 0.15) is 6.07 Å². The van der Waals surface area contributed by atoms with Crippen LogP contribution in [-0.4, -0.2) is 17.9 Å². The molecule has 1 aromatic rings. The second kappa shape index (κ2) is 7.44. The summed E-state index contributed by atoms with van der Waals surface area (Å²) in [5.74, 6) is -1.35. The van der Waals surface area contributed by atoms with E-state index in [4.69, 9.17) is 5.26 Å². The second-order valence-corrected chi connectivity index (χ2v) is 5.27. The van der Waals surface area contributed by atoms with Gasteiger partial charge in [-0.25, -0.2) is 0 Å². The average Bonchev–Trinajstić information content (AvgIpc) is 2.76. The van der Waals surface area contributed by atoms with Crippen LogP contribution >= 0.6 is 0 Å². The number of hydrogen-bond acceptors (Lipinski definition) is 3. The summed E-state index contributed by atoms with van der Waals surface area (Å²) in [5, 5.41) is 14.2. The van der Waals surface area contributed by atoms with Crippen LogP contribution in [-0.2, 0) is 9.59 Å². The summed E-state index contributed by atoms with van der Waals surface area (Å²) in [5.41, 5.74) is 0.703. The minimum Gasteiger partial charge on any atom is -0.345 e. The summed E-state index contributed by atoms with van der Waals surface area (Å²) < 4.78 is 0. The SMILES string of the molecule is N#Cc1ccccc1NC(=O)C(=O)NC1CCCCCC1. The van der Waals surface area contributed by atoms with E-state index in [1.807, 2.05) is 6.07 Å². The molecule has 0 aromatic heterocycles. The van der Waals surface area contributed by atoms with Crippen LogP contribution in [0.25, 0.3) is 0 Å². The van der Waals surface area contributed by atoms with E-state index < -0.39 is 11.8 Å². The smallest absolute Gasteiger partial charge is 0.313 e. The van der Waals surface area contributed by atoms with E-state index in [0.717, 1.165) is 25.7 Å². The molecule has 0 saturated heterocycles. The Morgan fingerprint density at radius 2 is 1.71 bits per heavy atom. The highest BCUT2D eigenvalue weighted by Gasteiger charge is 2.20. The predicted molar refractivity (Wildman–Crippen MR) is 79.4 cm³/mol. The standard InChI is InChI=1S/C16H19N3O2/c17-11-12-7-5-6-10-14(12)19-16(21)15(20)18-13-8-3-1-2-4-9-13/h5-7,10,13H,1-4,8-9H2,(H,18,20)(H,19,21). The number of para-hydroxylation sites is 1. The number of carbonyl (C=O) groups is 2.